The van der Waals surface area contributed by atoms with Crippen molar-refractivity contribution in [2.75, 3.05) is 12.8 Å². The fourth-order valence-corrected chi connectivity index (χ4v) is 3.48. The van der Waals surface area contributed by atoms with Gasteiger partial charge in [-0.05, 0) is 18.6 Å². The molecule has 8 nitrogen and oxygen atoms in total. The lowest BCUT2D eigenvalue weighted by atomic mass is 10.1. The molecule has 0 saturated carbocycles. The number of rotatable bonds is 8. The molecule has 0 aliphatic rings. The Bertz CT molecular complexity index is 1150. The lowest BCUT2D eigenvalue weighted by Crippen LogP contribution is -2.39. The average Bonchev–Trinajstić information content (AvgIpc) is 3.16. The van der Waals surface area contributed by atoms with Crippen LogP contribution < -0.4 is 5.32 Å². The first kappa shape index (κ1) is 21.6. The second-order valence-corrected chi connectivity index (χ2v) is 8.71. The van der Waals surface area contributed by atoms with Gasteiger partial charge in [0, 0.05) is 17.7 Å². The van der Waals surface area contributed by atoms with Crippen molar-refractivity contribution in [2.45, 2.75) is 20.0 Å². The van der Waals surface area contributed by atoms with Gasteiger partial charge in [0.05, 0.1) is 19.3 Å². The minimum Gasteiger partial charge on any atom is -0.346 e. The molecule has 1 amide bonds. The van der Waals surface area contributed by atoms with E-state index >= 15 is 0 Å². The summed E-state index contributed by atoms with van der Waals surface area (Å²) in [5.41, 5.74) is 1.97. The van der Waals surface area contributed by atoms with Gasteiger partial charge in [0.2, 0.25) is 27.6 Å². The molecule has 0 radical (unpaired) electrons. The fraction of sp³-hybridized carbons (Fsp3) is 0.250. The van der Waals surface area contributed by atoms with Crippen LogP contribution in [0.1, 0.15) is 17.0 Å². The minimum atomic E-state index is -3.74. The Hall–Kier alpha value is -3.11. The van der Waals surface area contributed by atoms with Crippen molar-refractivity contribution in [2.24, 2.45) is 0 Å². The van der Waals surface area contributed by atoms with Crippen LogP contribution in [0.2, 0.25) is 0 Å². The normalized spacial score (nSPS) is 11.6. The largest absolute Gasteiger partial charge is 0.346 e. The van der Waals surface area contributed by atoms with E-state index in [1.807, 2.05) is 31.2 Å². The van der Waals surface area contributed by atoms with Gasteiger partial charge >= 0.3 is 0 Å². The predicted molar refractivity (Wildman–Crippen MR) is 108 cm³/mol. The molecule has 10 heteroatoms. The maximum absolute atomic E-state index is 13.9. The highest BCUT2D eigenvalue weighted by atomic mass is 32.2. The Labute approximate surface area is 173 Å². The molecule has 3 aromatic rings. The fourth-order valence-electron chi connectivity index (χ4n) is 2.76. The molecule has 0 unspecified atom stereocenters. The van der Waals surface area contributed by atoms with Crippen LogP contribution in [-0.4, -0.2) is 41.6 Å². The zero-order valence-corrected chi connectivity index (χ0v) is 17.3. The Morgan fingerprint density at radius 3 is 2.57 bits per heavy atom. The first-order chi connectivity index (χ1) is 14.2. The highest BCUT2D eigenvalue weighted by Gasteiger charge is 2.22. The Morgan fingerprint density at radius 1 is 1.17 bits per heavy atom. The van der Waals surface area contributed by atoms with Gasteiger partial charge in [0.15, 0.2) is 0 Å². The van der Waals surface area contributed by atoms with Crippen LogP contribution >= 0.6 is 0 Å². The number of carbonyl (C=O) groups is 1. The summed E-state index contributed by atoms with van der Waals surface area (Å²) in [5.74, 6) is -0.537. The number of sulfonamides is 1. The average molecular weight is 432 g/mol. The number of aryl methyl sites for hydroxylation is 1. The highest BCUT2D eigenvalue weighted by Crippen LogP contribution is 2.19. The first-order valence-electron chi connectivity index (χ1n) is 9.08. The Kier molecular flexibility index (Phi) is 6.58. The third-order valence-electron chi connectivity index (χ3n) is 4.38. The molecular formula is C20H21FN4O4S. The molecule has 1 aromatic heterocycles. The number of amides is 1. The van der Waals surface area contributed by atoms with E-state index in [0.29, 0.717) is 5.82 Å². The highest BCUT2D eigenvalue weighted by molar-refractivity contribution is 7.88. The van der Waals surface area contributed by atoms with Crippen LogP contribution in [-0.2, 0) is 27.9 Å². The molecule has 0 atom stereocenters. The van der Waals surface area contributed by atoms with Crippen molar-refractivity contribution in [1.82, 2.24) is 19.8 Å². The molecule has 0 saturated heterocycles. The summed E-state index contributed by atoms with van der Waals surface area (Å²) in [6.45, 7) is 1.14. The molecule has 0 aliphatic heterocycles. The molecular weight excluding hydrogens is 411 g/mol. The summed E-state index contributed by atoms with van der Waals surface area (Å²) in [4.78, 5) is 16.5. The van der Waals surface area contributed by atoms with Crippen molar-refractivity contribution >= 4 is 15.9 Å². The van der Waals surface area contributed by atoms with Crippen LogP contribution in [0.15, 0.2) is 53.1 Å². The number of benzene rings is 2. The summed E-state index contributed by atoms with van der Waals surface area (Å²) in [7, 11) is -3.74. The standard InChI is InChI=1S/C20H21FN4O4S/c1-14-7-3-5-9-16(14)20-23-19(29-24-20)11-22-18(26)13-25(30(2,27)28)12-15-8-4-6-10-17(15)21/h3-10H,11-13H2,1-2H3,(H,22,26). The van der Waals surface area contributed by atoms with Crippen molar-refractivity contribution < 1.29 is 22.1 Å². The number of carbonyl (C=O) groups excluding carboxylic acids is 1. The van der Waals surface area contributed by atoms with E-state index in [0.717, 1.165) is 21.7 Å². The zero-order valence-electron chi connectivity index (χ0n) is 16.5. The van der Waals surface area contributed by atoms with Gasteiger partial charge in [-0.2, -0.15) is 9.29 Å². The van der Waals surface area contributed by atoms with E-state index in [4.69, 9.17) is 4.52 Å². The van der Waals surface area contributed by atoms with Crippen molar-refractivity contribution in [3.05, 3.63) is 71.4 Å². The molecule has 0 spiro atoms. The van der Waals surface area contributed by atoms with E-state index in [2.05, 4.69) is 15.5 Å². The molecule has 30 heavy (non-hydrogen) atoms. The van der Waals surface area contributed by atoms with Crippen LogP contribution in [0.3, 0.4) is 0 Å². The van der Waals surface area contributed by atoms with E-state index < -0.39 is 28.3 Å². The quantitative estimate of drug-likeness (QED) is 0.585. The second-order valence-electron chi connectivity index (χ2n) is 6.73. The van der Waals surface area contributed by atoms with Crippen molar-refractivity contribution in [1.29, 1.82) is 0 Å². The Balaban J connectivity index is 1.62. The van der Waals surface area contributed by atoms with Crippen molar-refractivity contribution in [3.63, 3.8) is 0 Å². The van der Waals surface area contributed by atoms with Gasteiger partial charge in [-0.25, -0.2) is 12.8 Å². The van der Waals surface area contributed by atoms with Crippen LogP contribution in [0, 0.1) is 12.7 Å². The second kappa shape index (κ2) is 9.14. The maximum Gasteiger partial charge on any atom is 0.246 e. The third-order valence-corrected chi connectivity index (χ3v) is 5.58. The molecule has 2 aromatic carbocycles. The molecule has 0 bridgehead atoms. The predicted octanol–water partition coefficient (Wildman–Crippen LogP) is 2.26. The van der Waals surface area contributed by atoms with Crippen molar-refractivity contribution in [3.8, 4) is 11.4 Å². The van der Waals surface area contributed by atoms with Crippen LogP contribution in [0.5, 0.6) is 0 Å². The van der Waals surface area contributed by atoms with E-state index in [9.17, 15) is 17.6 Å². The molecule has 1 heterocycles. The first-order valence-corrected chi connectivity index (χ1v) is 10.9. The van der Waals surface area contributed by atoms with E-state index in [1.165, 1.54) is 18.2 Å². The molecule has 0 fully saturated rings. The number of nitrogens with zero attached hydrogens (tertiary/aromatic N) is 3. The third kappa shape index (κ3) is 5.49. The summed E-state index contributed by atoms with van der Waals surface area (Å²) >= 11 is 0. The number of halogens is 1. The summed E-state index contributed by atoms with van der Waals surface area (Å²) in [5, 5.41) is 6.45. The summed E-state index contributed by atoms with van der Waals surface area (Å²) in [6.07, 6.45) is 0.966. The topological polar surface area (TPSA) is 105 Å². The molecule has 1 N–H and O–H groups in total. The summed E-state index contributed by atoms with van der Waals surface area (Å²) < 4.78 is 44.0. The molecule has 3 rings (SSSR count). The number of nitrogens with one attached hydrogen (secondary N) is 1. The lowest BCUT2D eigenvalue weighted by molar-refractivity contribution is -0.121. The van der Waals surface area contributed by atoms with Gasteiger partial charge in [0.1, 0.15) is 5.82 Å². The van der Waals surface area contributed by atoms with Gasteiger partial charge < -0.3 is 9.84 Å². The number of hydrogen-bond acceptors (Lipinski definition) is 6. The minimum absolute atomic E-state index is 0.0605. The van der Waals surface area contributed by atoms with Crippen LogP contribution in [0.25, 0.3) is 11.4 Å². The van der Waals surface area contributed by atoms with Gasteiger partial charge in [-0.1, -0.05) is 47.6 Å². The zero-order chi connectivity index (χ0) is 21.7. The number of aromatic nitrogens is 2. The van der Waals surface area contributed by atoms with Gasteiger partial charge in [-0.15, -0.1) is 0 Å². The van der Waals surface area contributed by atoms with Crippen LogP contribution in [0.4, 0.5) is 4.39 Å². The van der Waals surface area contributed by atoms with Gasteiger partial charge in [0.25, 0.3) is 0 Å². The number of hydrogen-bond donors (Lipinski definition) is 1. The SMILES string of the molecule is Cc1ccccc1-c1noc(CNC(=O)CN(Cc2ccccc2F)S(C)(=O)=O)n1. The molecule has 158 valence electrons. The van der Waals surface area contributed by atoms with E-state index in [1.54, 1.807) is 6.07 Å². The smallest absolute Gasteiger partial charge is 0.246 e. The molecule has 0 aliphatic carbocycles. The Morgan fingerprint density at radius 2 is 1.87 bits per heavy atom. The van der Waals surface area contributed by atoms with E-state index in [-0.39, 0.29) is 24.5 Å². The lowest BCUT2D eigenvalue weighted by Gasteiger charge is -2.19. The monoisotopic (exact) mass is 432 g/mol. The summed E-state index contributed by atoms with van der Waals surface area (Å²) in [6, 6.07) is 13.3. The van der Waals surface area contributed by atoms with Gasteiger partial charge in [-0.3, -0.25) is 4.79 Å². The maximum atomic E-state index is 13.9.